The summed E-state index contributed by atoms with van der Waals surface area (Å²) in [5, 5.41) is 47.7. The molecule has 20 atom stereocenters. The number of aliphatic hydroxyl groups is 4. The number of hydrogen-bond donors (Lipinski definition) is 4. The van der Waals surface area contributed by atoms with E-state index in [4.69, 9.17) is 42.6 Å². The van der Waals surface area contributed by atoms with Gasteiger partial charge in [0.15, 0.2) is 18.9 Å². The monoisotopic (exact) mass is 912 g/mol. The van der Waals surface area contributed by atoms with E-state index < -0.39 is 120 Å². The molecular formula is C50H72O15. The molecule has 6 fully saturated rings. The molecule has 0 amide bonds. The Hall–Kier alpha value is -2.64. The van der Waals surface area contributed by atoms with Gasteiger partial charge in [0.2, 0.25) is 0 Å². The molecule has 4 aliphatic carbocycles. The van der Waals surface area contributed by atoms with Crippen LogP contribution in [0.3, 0.4) is 0 Å². The fraction of sp³-hybridized carbons (Fsp3) is 0.760. The van der Waals surface area contributed by atoms with Crippen molar-refractivity contribution in [2.75, 3.05) is 14.2 Å². The highest BCUT2D eigenvalue weighted by Gasteiger charge is 2.77. The number of ketones is 1. The van der Waals surface area contributed by atoms with E-state index in [0.717, 1.165) is 11.1 Å². The van der Waals surface area contributed by atoms with Gasteiger partial charge >= 0.3 is 5.97 Å². The van der Waals surface area contributed by atoms with E-state index in [1.807, 2.05) is 51.1 Å². The van der Waals surface area contributed by atoms with Crippen LogP contribution in [0.2, 0.25) is 0 Å². The van der Waals surface area contributed by atoms with Gasteiger partial charge in [-0.2, -0.15) is 0 Å². The van der Waals surface area contributed by atoms with E-state index in [0.29, 0.717) is 38.5 Å². The lowest BCUT2D eigenvalue weighted by atomic mass is 9.43. The molecule has 1 aromatic carbocycles. The van der Waals surface area contributed by atoms with Crippen LogP contribution in [-0.2, 0) is 52.2 Å². The number of methoxy groups -OCH3 is 2. The normalized spacial score (nSPS) is 47.6. The third-order valence-corrected chi connectivity index (χ3v) is 16.9. The molecule has 3 aliphatic heterocycles. The lowest BCUT2D eigenvalue weighted by Gasteiger charge is -2.66. The molecule has 0 spiro atoms. The van der Waals surface area contributed by atoms with Gasteiger partial charge in [-0.25, -0.2) is 4.79 Å². The Labute approximate surface area is 383 Å². The fourth-order valence-electron chi connectivity index (χ4n) is 13.2. The Morgan fingerprint density at radius 3 is 2.08 bits per heavy atom. The second-order valence-electron chi connectivity index (χ2n) is 20.4. The Kier molecular flexibility index (Phi) is 14.3. The molecule has 7 aliphatic rings. The maximum absolute atomic E-state index is 13.5. The average molecular weight is 913 g/mol. The Morgan fingerprint density at radius 2 is 1.42 bits per heavy atom. The molecular weight excluding hydrogens is 841 g/mol. The first-order chi connectivity index (χ1) is 30.8. The van der Waals surface area contributed by atoms with Crippen molar-refractivity contribution in [2.45, 2.75) is 203 Å². The number of hydrogen-bond acceptors (Lipinski definition) is 15. The van der Waals surface area contributed by atoms with Crippen LogP contribution in [0.5, 0.6) is 0 Å². The van der Waals surface area contributed by atoms with Crippen molar-refractivity contribution >= 4 is 17.8 Å². The van der Waals surface area contributed by atoms with Crippen LogP contribution < -0.4 is 0 Å². The number of carbonyl (C=O) groups is 2. The average Bonchev–Trinajstić information content (AvgIpc) is 3.57. The molecule has 0 radical (unpaired) electrons. The Bertz CT molecular complexity index is 1900. The third-order valence-electron chi connectivity index (χ3n) is 16.9. The summed E-state index contributed by atoms with van der Waals surface area (Å²) in [6.45, 7) is 11.0. The van der Waals surface area contributed by atoms with E-state index in [-0.39, 0.29) is 37.6 Å². The van der Waals surface area contributed by atoms with E-state index in [1.165, 1.54) is 13.0 Å². The number of benzene rings is 1. The molecule has 0 aromatic heterocycles. The topological polar surface area (TPSA) is 198 Å². The van der Waals surface area contributed by atoms with E-state index in [9.17, 15) is 30.0 Å². The molecule has 3 saturated heterocycles. The number of aliphatic hydroxyl groups excluding tert-OH is 2. The Morgan fingerprint density at radius 1 is 0.785 bits per heavy atom. The first-order valence-electron chi connectivity index (χ1n) is 23.8. The van der Waals surface area contributed by atoms with E-state index in [2.05, 4.69) is 13.0 Å². The van der Waals surface area contributed by atoms with Crippen LogP contribution in [0, 0.1) is 22.7 Å². The maximum atomic E-state index is 13.5. The molecule has 8 rings (SSSR count). The molecule has 15 nitrogen and oxygen atoms in total. The van der Waals surface area contributed by atoms with Crippen LogP contribution in [0.15, 0.2) is 48.1 Å². The van der Waals surface area contributed by atoms with Crippen molar-refractivity contribution in [3.63, 3.8) is 0 Å². The van der Waals surface area contributed by atoms with Gasteiger partial charge in [-0.05, 0) is 89.7 Å². The predicted octanol–water partition coefficient (Wildman–Crippen LogP) is 4.93. The van der Waals surface area contributed by atoms with Gasteiger partial charge in [0.1, 0.15) is 41.4 Å². The van der Waals surface area contributed by atoms with Crippen molar-refractivity contribution in [3.05, 3.63) is 53.6 Å². The second-order valence-corrected chi connectivity index (χ2v) is 20.4. The smallest absolute Gasteiger partial charge is 0.331 e. The Balaban J connectivity index is 0.899. The first-order valence-corrected chi connectivity index (χ1v) is 23.8. The molecule has 15 heteroatoms. The highest BCUT2D eigenvalue weighted by molar-refractivity contribution is 5.87. The fourth-order valence-corrected chi connectivity index (χ4v) is 13.2. The molecule has 20 unspecified atom stereocenters. The minimum atomic E-state index is -1.69. The zero-order valence-corrected chi connectivity index (χ0v) is 39.2. The SMILES string of the molecule is COC1CC(OC2C(C)OC(OC3C(O)CC(OC4CCC5(C)C(=CCC6(O)C5CC(OC(=O)C=Cc5ccccc5)C5(C)C(C(C)=O)CCC65O)C4)OC3C)CC2OC)OC(C)C1O. The summed E-state index contributed by atoms with van der Waals surface area (Å²) in [6.07, 6.45) is 0.769. The molecule has 4 N–H and O–H groups in total. The predicted molar refractivity (Wildman–Crippen MR) is 235 cm³/mol. The van der Waals surface area contributed by atoms with Gasteiger partial charge in [-0.15, -0.1) is 0 Å². The van der Waals surface area contributed by atoms with Crippen molar-refractivity contribution in [2.24, 2.45) is 22.7 Å². The van der Waals surface area contributed by atoms with Crippen molar-refractivity contribution < 1.29 is 72.6 Å². The van der Waals surface area contributed by atoms with Crippen molar-refractivity contribution in [1.82, 2.24) is 0 Å². The van der Waals surface area contributed by atoms with Crippen LogP contribution in [-0.4, -0.2) is 144 Å². The minimum absolute atomic E-state index is 0.0925. The highest BCUT2D eigenvalue weighted by atomic mass is 16.7. The van der Waals surface area contributed by atoms with E-state index in [1.54, 1.807) is 27.2 Å². The third kappa shape index (κ3) is 8.84. The minimum Gasteiger partial charge on any atom is -0.458 e. The number of carbonyl (C=O) groups excluding carboxylic acids is 2. The van der Waals surface area contributed by atoms with Gasteiger partial charge in [0.05, 0.1) is 42.7 Å². The van der Waals surface area contributed by atoms with Gasteiger partial charge in [0.25, 0.3) is 0 Å². The summed E-state index contributed by atoms with van der Waals surface area (Å²) < 4.78 is 55.5. The van der Waals surface area contributed by atoms with Gasteiger partial charge in [0, 0.05) is 56.8 Å². The number of fused-ring (bicyclic) bond motifs is 5. The molecule has 1 aromatic rings. The largest absolute Gasteiger partial charge is 0.458 e. The van der Waals surface area contributed by atoms with Crippen molar-refractivity contribution in [1.29, 1.82) is 0 Å². The van der Waals surface area contributed by atoms with Crippen LogP contribution in [0.25, 0.3) is 6.08 Å². The molecule has 3 heterocycles. The number of ether oxygens (including phenoxy) is 9. The van der Waals surface area contributed by atoms with Gasteiger partial charge in [-0.1, -0.05) is 55.8 Å². The van der Waals surface area contributed by atoms with E-state index >= 15 is 0 Å². The number of rotatable bonds is 12. The van der Waals surface area contributed by atoms with Gasteiger partial charge < -0.3 is 63.1 Å². The first kappa shape index (κ1) is 48.8. The summed E-state index contributed by atoms with van der Waals surface area (Å²) in [4.78, 5) is 26.7. The quantitative estimate of drug-likeness (QED) is 0.125. The molecule has 0 bridgehead atoms. The van der Waals surface area contributed by atoms with Gasteiger partial charge in [-0.3, -0.25) is 4.79 Å². The second kappa shape index (κ2) is 19.0. The zero-order chi connectivity index (χ0) is 46.6. The highest BCUT2D eigenvalue weighted by Crippen LogP contribution is 2.70. The lowest BCUT2D eigenvalue weighted by Crippen LogP contribution is -2.75. The van der Waals surface area contributed by atoms with Crippen LogP contribution in [0.1, 0.15) is 111 Å². The molecule has 362 valence electrons. The number of Topliss-reactive ketones (excluding diaryl/α,β-unsaturated/α-hetero) is 1. The van der Waals surface area contributed by atoms with Crippen LogP contribution >= 0.6 is 0 Å². The maximum Gasteiger partial charge on any atom is 0.331 e. The summed E-state index contributed by atoms with van der Waals surface area (Å²) in [5.41, 5.74) is -3.05. The summed E-state index contributed by atoms with van der Waals surface area (Å²) in [6, 6.07) is 9.44. The summed E-state index contributed by atoms with van der Waals surface area (Å²) in [5.74, 6) is -1.71. The lowest BCUT2D eigenvalue weighted by molar-refractivity contribution is -0.337. The molecule has 3 saturated carbocycles. The summed E-state index contributed by atoms with van der Waals surface area (Å²) >= 11 is 0. The zero-order valence-electron chi connectivity index (χ0n) is 39.2. The van der Waals surface area contributed by atoms with Crippen molar-refractivity contribution in [3.8, 4) is 0 Å². The standard InChI is InChI=1S/C50H72O15/c1-27(51)34-18-21-50(56)48(34,6)39(63-40(53)15-14-31-12-10-9-11-13-31)26-38-47(5)19-17-33(22-32(47)16-20-49(38,50)55)62-41-23-35(52)45(29(3)60-41)64-43-25-37(58-8)46(30(4)61-43)65-42-24-36(57-7)44(54)28(2)59-42/h9-16,28-30,33-39,41-46,52,54-56H,17-26H2,1-8H3. The van der Waals surface area contributed by atoms with Crippen LogP contribution in [0.4, 0.5) is 0 Å². The molecule has 65 heavy (non-hydrogen) atoms. The number of esters is 1. The summed E-state index contributed by atoms with van der Waals surface area (Å²) in [7, 11) is 3.16.